The highest BCUT2D eigenvalue weighted by atomic mass is 35.5. The summed E-state index contributed by atoms with van der Waals surface area (Å²) in [6.45, 7) is 3.94. The van der Waals surface area contributed by atoms with Gasteiger partial charge < -0.3 is 14.4 Å². The molecule has 1 amide bonds. The molecule has 2 aromatic carbocycles. The number of ether oxygens (including phenoxy) is 2. The van der Waals surface area contributed by atoms with Crippen LogP contribution in [0.4, 0.5) is 0 Å². The second kappa shape index (κ2) is 8.43. The van der Waals surface area contributed by atoms with Crippen LogP contribution in [0, 0.1) is 0 Å². The fourth-order valence-electron chi connectivity index (χ4n) is 3.10. The Morgan fingerprint density at radius 1 is 1.00 bits per heavy atom. The smallest absolute Gasteiger partial charge is 0.257 e. The molecule has 0 bridgehead atoms. The van der Waals surface area contributed by atoms with E-state index >= 15 is 0 Å². The molecule has 1 fully saturated rings. The number of benzene rings is 2. The molecular weight excluding hydrogens is 352 g/mol. The molecule has 0 atom stereocenters. The lowest BCUT2D eigenvalue weighted by molar-refractivity contribution is 0.0625. The first-order valence-electron chi connectivity index (χ1n) is 8.59. The van der Waals surface area contributed by atoms with Crippen molar-refractivity contribution in [2.75, 3.05) is 40.4 Å². The molecular formula is C20H23ClN2O3. The van der Waals surface area contributed by atoms with Gasteiger partial charge in [-0.25, -0.2) is 0 Å². The minimum absolute atomic E-state index is 0.00403. The maximum atomic E-state index is 12.9. The van der Waals surface area contributed by atoms with Crippen molar-refractivity contribution in [1.82, 2.24) is 9.80 Å². The molecule has 1 heterocycles. The second-order valence-corrected chi connectivity index (χ2v) is 6.70. The summed E-state index contributed by atoms with van der Waals surface area (Å²) in [5, 5.41) is 0.748. The van der Waals surface area contributed by atoms with E-state index in [2.05, 4.69) is 4.90 Å². The van der Waals surface area contributed by atoms with Crippen molar-refractivity contribution in [3.63, 3.8) is 0 Å². The summed E-state index contributed by atoms with van der Waals surface area (Å²) in [4.78, 5) is 17.1. The molecule has 1 aliphatic heterocycles. The predicted molar refractivity (Wildman–Crippen MR) is 102 cm³/mol. The Morgan fingerprint density at radius 2 is 1.69 bits per heavy atom. The molecule has 0 aliphatic carbocycles. The molecule has 2 aromatic rings. The monoisotopic (exact) mass is 374 g/mol. The molecule has 0 N–H and O–H groups in total. The topological polar surface area (TPSA) is 42.0 Å². The Kier molecular flexibility index (Phi) is 6.01. The summed E-state index contributed by atoms with van der Waals surface area (Å²) in [5.74, 6) is 1.21. The Morgan fingerprint density at radius 3 is 2.31 bits per heavy atom. The standard InChI is InChI=1S/C20H23ClN2O3/c1-25-17-7-8-18(19(13-17)26-2)20(24)23-11-9-22(10-12-23)14-15-3-5-16(21)6-4-15/h3-8,13H,9-12,14H2,1-2H3. The summed E-state index contributed by atoms with van der Waals surface area (Å²) >= 11 is 5.93. The number of hydrogen-bond acceptors (Lipinski definition) is 4. The summed E-state index contributed by atoms with van der Waals surface area (Å²) in [7, 11) is 3.16. The number of carbonyl (C=O) groups is 1. The van der Waals surface area contributed by atoms with Gasteiger partial charge in [0.1, 0.15) is 11.5 Å². The molecule has 0 radical (unpaired) electrons. The van der Waals surface area contributed by atoms with Gasteiger partial charge in [-0.05, 0) is 29.8 Å². The third-order valence-corrected chi connectivity index (χ3v) is 4.87. The average Bonchev–Trinajstić information content (AvgIpc) is 2.69. The van der Waals surface area contributed by atoms with Gasteiger partial charge in [0, 0.05) is 43.8 Å². The summed E-state index contributed by atoms with van der Waals surface area (Å²) in [6, 6.07) is 13.2. The molecule has 1 saturated heterocycles. The number of halogens is 1. The molecule has 5 nitrogen and oxygen atoms in total. The number of amides is 1. The Hall–Kier alpha value is -2.24. The van der Waals surface area contributed by atoms with E-state index in [1.165, 1.54) is 5.56 Å². The summed E-state index contributed by atoms with van der Waals surface area (Å²) in [6.07, 6.45) is 0. The Balaban J connectivity index is 1.60. The van der Waals surface area contributed by atoms with Crippen molar-refractivity contribution in [2.24, 2.45) is 0 Å². The molecule has 138 valence electrons. The van der Waals surface area contributed by atoms with Crippen molar-refractivity contribution < 1.29 is 14.3 Å². The first-order valence-corrected chi connectivity index (χ1v) is 8.96. The second-order valence-electron chi connectivity index (χ2n) is 6.26. The van der Waals surface area contributed by atoms with E-state index in [0.717, 1.165) is 24.7 Å². The van der Waals surface area contributed by atoms with Gasteiger partial charge >= 0.3 is 0 Å². The van der Waals surface area contributed by atoms with Crippen molar-refractivity contribution in [1.29, 1.82) is 0 Å². The minimum atomic E-state index is -0.00403. The van der Waals surface area contributed by atoms with Gasteiger partial charge in [0.25, 0.3) is 5.91 Å². The predicted octanol–water partition coefficient (Wildman–Crippen LogP) is 3.32. The van der Waals surface area contributed by atoms with Crippen molar-refractivity contribution >= 4 is 17.5 Å². The molecule has 0 unspecified atom stereocenters. The third kappa shape index (κ3) is 4.29. The molecule has 0 saturated carbocycles. The van der Waals surface area contributed by atoms with Crippen LogP contribution in [-0.2, 0) is 6.54 Å². The Bertz CT molecular complexity index is 756. The van der Waals surface area contributed by atoms with Gasteiger partial charge in [-0.3, -0.25) is 9.69 Å². The first kappa shape index (κ1) is 18.5. The zero-order chi connectivity index (χ0) is 18.5. The van der Waals surface area contributed by atoms with Crippen LogP contribution in [0.25, 0.3) is 0 Å². The molecule has 0 spiro atoms. The molecule has 1 aliphatic rings. The van der Waals surface area contributed by atoms with Crippen molar-refractivity contribution in [3.8, 4) is 11.5 Å². The van der Waals surface area contributed by atoms with E-state index in [0.29, 0.717) is 30.2 Å². The SMILES string of the molecule is COc1ccc(C(=O)N2CCN(Cc3ccc(Cl)cc3)CC2)c(OC)c1. The van der Waals surface area contributed by atoms with Crippen LogP contribution in [0.15, 0.2) is 42.5 Å². The van der Waals surface area contributed by atoms with Crippen LogP contribution in [-0.4, -0.2) is 56.1 Å². The lowest BCUT2D eigenvalue weighted by Gasteiger charge is -2.35. The van der Waals surface area contributed by atoms with Crippen LogP contribution < -0.4 is 9.47 Å². The van der Waals surface area contributed by atoms with Gasteiger partial charge in [0.2, 0.25) is 0 Å². The molecule has 0 aromatic heterocycles. The van der Waals surface area contributed by atoms with Crippen LogP contribution >= 0.6 is 11.6 Å². The highest BCUT2D eigenvalue weighted by Crippen LogP contribution is 2.26. The normalized spacial score (nSPS) is 15.0. The zero-order valence-electron chi connectivity index (χ0n) is 15.1. The minimum Gasteiger partial charge on any atom is -0.497 e. The number of rotatable bonds is 5. The number of hydrogen-bond donors (Lipinski definition) is 0. The van der Waals surface area contributed by atoms with Gasteiger partial charge in [0.15, 0.2) is 0 Å². The largest absolute Gasteiger partial charge is 0.497 e. The third-order valence-electron chi connectivity index (χ3n) is 4.62. The fourth-order valence-corrected chi connectivity index (χ4v) is 3.23. The van der Waals surface area contributed by atoms with Crippen molar-refractivity contribution in [3.05, 3.63) is 58.6 Å². The van der Waals surface area contributed by atoms with E-state index in [1.807, 2.05) is 29.2 Å². The maximum Gasteiger partial charge on any atom is 0.257 e. The number of methoxy groups -OCH3 is 2. The summed E-state index contributed by atoms with van der Waals surface area (Å²) < 4.78 is 10.6. The number of piperazine rings is 1. The lowest BCUT2D eigenvalue weighted by Crippen LogP contribution is -2.48. The molecule has 26 heavy (non-hydrogen) atoms. The highest BCUT2D eigenvalue weighted by molar-refractivity contribution is 6.30. The van der Waals surface area contributed by atoms with E-state index in [4.69, 9.17) is 21.1 Å². The van der Waals surface area contributed by atoms with Crippen molar-refractivity contribution in [2.45, 2.75) is 6.54 Å². The van der Waals surface area contributed by atoms with E-state index in [9.17, 15) is 4.79 Å². The fraction of sp³-hybridized carbons (Fsp3) is 0.350. The zero-order valence-corrected chi connectivity index (χ0v) is 15.8. The van der Waals surface area contributed by atoms with E-state index < -0.39 is 0 Å². The van der Waals surface area contributed by atoms with E-state index in [-0.39, 0.29) is 5.91 Å². The quantitative estimate of drug-likeness (QED) is 0.805. The lowest BCUT2D eigenvalue weighted by atomic mass is 10.1. The molecule has 6 heteroatoms. The summed E-state index contributed by atoms with van der Waals surface area (Å²) in [5.41, 5.74) is 1.80. The highest BCUT2D eigenvalue weighted by Gasteiger charge is 2.24. The van der Waals surface area contributed by atoms with Crippen LogP contribution in [0.5, 0.6) is 11.5 Å². The first-order chi connectivity index (χ1) is 12.6. The van der Waals surface area contributed by atoms with Gasteiger partial charge in [-0.15, -0.1) is 0 Å². The average molecular weight is 375 g/mol. The number of carbonyl (C=O) groups excluding carboxylic acids is 1. The van der Waals surface area contributed by atoms with Crippen LogP contribution in [0.3, 0.4) is 0 Å². The van der Waals surface area contributed by atoms with Gasteiger partial charge in [0.05, 0.1) is 19.8 Å². The number of nitrogens with zero attached hydrogens (tertiary/aromatic N) is 2. The maximum absolute atomic E-state index is 12.9. The van der Waals surface area contributed by atoms with Gasteiger partial charge in [-0.2, -0.15) is 0 Å². The van der Waals surface area contributed by atoms with Gasteiger partial charge in [-0.1, -0.05) is 23.7 Å². The van der Waals surface area contributed by atoms with E-state index in [1.54, 1.807) is 32.4 Å². The van der Waals surface area contributed by atoms with Crippen LogP contribution in [0.2, 0.25) is 5.02 Å². The van der Waals surface area contributed by atoms with Crippen LogP contribution in [0.1, 0.15) is 15.9 Å². The molecule has 3 rings (SSSR count). The Labute approximate surface area is 159 Å².